The summed E-state index contributed by atoms with van der Waals surface area (Å²) in [5.74, 6) is 0.111. The summed E-state index contributed by atoms with van der Waals surface area (Å²) in [7, 11) is 0. The first-order valence-electron chi connectivity index (χ1n) is 14.0. The number of ether oxygens (including phenoxy) is 1. The van der Waals surface area contributed by atoms with Crippen LogP contribution < -0.4 is 15.7 Å². The molecule has 1 aliphatic heterocycles. The minimum Gasteiger partial charge on any atom is -0.490 e. The second-order valence-corrected chi connectivity index (χ2v) is 12.0. The largest absolute Gasteiger partial charge is 0.490 e. The number of amides is 2. The average molecular weight is 650 g/mol. The zero-order chi connectivity index (χ0) is 29.4. The first kappa shape index (κ1) is 28.3. The van der Waals surface area contributed by atoms with Crippen molar-refractivity contribution in [2.24, 2.45) is 0 Å². The summed E-state index contributed by atoms with van der Waals surface area (Å²) in [5.41, 5.74) is 2.29. The van der Waals surface area contributed by atoms with Gasteiger partial charge in [-0.15, -0.1) is 0 Å². The van der Waals surface area contributed by atoms with E-state index in [1.165, 1.54) is 11.0 Å². The van der Waals surface area contributed by atoms with Crippen molar-refractivity contribution in [3.8, 4) is 11.4 Å². The molecule has 6 rings (SSSR count). The van der Waals surface area contributed by atoms with Gasteiger partial charge in [-0.1, -0.05) is 41.9 Å². The van der Waals surface area contributed by atoms with Gasteiger partial charge in [-0.25, -0.2) is 4.79 Å². The van der Waals surface area contributed by atoms with E-state index in [4.69, 9.17) is 16.3 Å². The molecular weight excluding hydrogens is 620 g/mol. The monoisotopic (exact) mass is 648 g/mol. The van der Waals surface area contributed by atoms with Gasteiger partial charge in [0.05, 0.1) is 35.1 Å². The Morgan fingerprint density at radius 3 is 2.43 bits per heavy atom. The Balaban J connectivity index is 1.37. The molecule has 0 unspecified atom stereocenters. The van der Waals surface area contributed by atoms with E-state index in [9.17, 15) is 14.4 Å². The topological polar surface area (TPSA) is 85.6 Å². The molecule has 0 spiro atoms. The van der Waals surface area contributed by atoms with E-state index >= 15 is 0 Å². The molecule has 0 radical (unpaired) electrons. The van der Waals surface area contributed by atoms with Gasteiger partial charge in [0.25, 0.3) is 11.8 Å². The highest BCUT2D eigenvalue weighted by Crippen LogP contribution is 2.28. The lowest BCUT2D eigenvalue weighted by Crippen LogP contribution is -2.41. The molecule has 1 saturated carbocycles. The Hall–Kier alpha value is -3.82. The van der Waals surface area contributed by atoms with Gasteiger partial charge >= 0.3 is 5.69 Å². The summed E-state index contributed by atoms with van der Waals surface area (Å²) >= 11 is 9.62. The van der Waals surface area contributed by atoms with Crippen LogP contribution in [-0.4, -0.2) is 38.5 Å². The molecule has 216 valence electrons. The number of benzene rings is 3. The van der Waals surface area contributed by atoms with Crippen LogP contribution in [0.1, 0.15) is 64.3 Å². The van der Waals surface area contributed by atoms with Gasteiger partial charge in [0, 0.05) is 23.1 Å². The summed E-state index contributed by atoms with van der Waals surface area (Å²) in [6.07, 6.45) is 3.48. The number of nitrogens with one attached hydrogen (secondary N) is 1. The molecule has 1 N–H and O–H groups in total. The van der Waals surface area contributed by atoms with Crippen molar-refractivity contribution in [3.63, 3.8) is 0 Å². The molecule has 42 heavy (non-hydrogen) atoms. The van der Waals surface area contributed by atoms with Crippen LogP contribution in [0.15, 0.2) is 82.1 Å². The van der Waals surface area contributed by atoms with Crippen LogP contribution in [0.25, 0.3) is 5.69 Å². The maximum Gasteiger partial charge on any atom is 0.333 e. The molecule has 2 amide bonds. The Bertz CT molecular complexity index is 1700. The maximum atomic E-state index is 14.0. The Labute approximate surface area is 257 Å². The molecule has 2 heterocycles. The fraction of sp³-hybridized carbons (Fsp3) is 0.281. The minimum atomic E-state index is -0.395. The summed E-state index contributed by atoms with van der Waals surface area (Å²) in [6.45, 7) is 2.58. The van der Waals surface area contributed by atoms with Crippen molar-refractivity contribution in [1.82, 2.24) is 19.4 Å². The number of carbonyl (C=O) groups excluding carboxylic acids is 2. The molecule has 1 fully saturated rings. The van der Waals surface area contributed by atoms with E-state index in [-0.39, 0.29) is 42.5 Å². The van der Waals surface area contributed by atoms with Gasteiger partial charge in [0.1, 0.15) is 11.4 Å². The van der Waals surface area contributed by atoms with Gasteiger partial charge in [-0.2, -0.15) is 0 Å². The fourth-order valence-electron chi connectivity index (χ4n) is 5.36. The van der Waals surface area contributed by atoms with Gasteiger partial charge < -0.3 is 15.0 Å². The molecule has 0 bridgehead atoms. The van der Waals surface area contributed by atoms with E-state index in [1.807, 2.05) is 49.4 Å². The van der Waals surface area contributed by atoms with Gasteiger partial charge in [-0.05, 0) is 90.1 Å². The van der Waals surface area contributed by atoms with Crippen molar-refractivity contribution < 1.29 is 14.3 Å². The number of fused-ring (bicyclic) bond motifs is 1. The summed E-state index contributed by atoms with van der Waals surface area (Å²) in [5, 5.41) is 3.50. The zero-order valence-electron chi connectivity index (χ0n) is 23.1. The SMILES string of the molecule is C[C@H](NC(=O)c1c2n(c(=O)n1-c1ccc(OC3CCC3)cc1)CCN(C(=O)c1ccc(Br)c(Cl)c1)C2)c1ccccc1. The second kappa shape index (κ2) is 11.8. The molecule has 1 atom stereocenters. The number of imidazole rings is 1. The molecule has 8 nitrogen and oxygen atoms in total. The molecule has 2 aliphatic rings. The standard InChI is InChI=1S/C32H30BrClN4O4/c1-20(21-6-3-2-4-7-21)35-30(39)29-28-19-36(31(40)22-10-15-26(33)27(34)18-22)16-17-37(28)32(41)38(29)23-11-13-25(14-12-23)42-24-8-5-9-24/h2-4,6-7,10-15,18,20,24H,5,8-9,16-17,19H2,1H3,(H,35,39)/t20-/m0/s1. The third-order valence-electron chi connectivity index (χ3n) is 7.94. The third-order valence-corrected chi connectivity index (χ3v) is 9.18. The van der Waals surface area contributed by atoms with Crippen LogP contribution in [0.5, 0.6) is 5.75 Å². The Morgan fingerprint density at radius 2 is 1.76 bits per heavy atom. The zero-order valence-corrected chi connectivity index (χ0v) is 25.4. The lowest BCUT2D eigenvalue weighted by Gasteiger charge is -2.28. The number of nitrogens with zero attached hydrogens (tertiary/aromatic N) is 3. The highest BCUT2D eigenvalue weighted by Gasteiger charge is 2.33. The van der Waals surface area contributed by atoms with Crippen LogP contribution in [0.4, 0.5) is 0 Å². The quantitative estimate of drug-likeness (QED) is 0.261. The molecule has 10 heteroatoms. The van der Waals surface area contributed by atoms with E-state index in [0.29, 0.717) is 33.0 Å². The number of aromatic nitrogens is 2. The molecule has 1 aromatic heterocycles. The number of hydrogen-bond acceptors (Lipinski definition) is 4. The predicted molar refractivity (Wildman–Crippen MR) is 165 cm³/mol. The number of carbonyl (C=O) groups is 2. The predicted octanol–water partition coefficient (Wildman–Crippen LogP) is 6.13. The number of rotatable bonds is 7. The lowest BCUT2D eigenvalue weighted by atomic mass is 9.96. The molecular formula is C32H30BrClN4O4. The molecule has 3 aromatic carbocycles. The van der Waals surface area contributed by atoms with Crippen LogP contribution in [0.3, 0.4) is 0 Å². The lowest BCUT2D eigenvalue weighted by molar-refractivity contribution is 0.0706. The third kappa shape index (κ3) is 5.51. The molecule has 1 aliphatic carbocycles. The number of hydrogen-bond donors (Lipinski definition) is 1. The van der Waals surface area contributed by atoms with Crippen LogP contribution >= 0.6 is 27.5 Å². The van der Waals surface area contributed by atoms with Crippen molar-refractivity contribution in [1.29, 1.82) is 0 Å². The van der Waals surface area contributed by atoms with Crippen molar-refractivity contribution >= 4 is 39.3 Å². The fourth-order valence-corrected chi connectivity index (χ4v) is 5.79. The summed E-state index contributed by atoms with van der Waals surface area (Å²) in [4.78, 5) is 42.9. The number of halogens is 2. The van der Waals surface area contributed by atoms with Gasteiger partial charge in [0.2, 0.25) is 0 Å². The smallest absolute Gasteiger partial charge is 0.333 e. The van der Waals surface area contributed by atoms with Crippen LogP contribution in [0, 0.1) is 0 Å². The van der Waals surface area contributed by atoms with Gasteiger partial charge in [-0.3, -0.25) is 18.7 Å². The van der Waals surface area contributed by atoms with Crippen LogP contribution in [-0.2, 0) is 13.1 Å². The van der Waals surface area contributed by atoms with Crippen LogP contribution in [0.2, 0.25) is 5.02 Å². The van der Waals surface area contributed by atoms with Crippen molar-refractivity contribution in [2.75, 3.05) is 6.54 Å². The Morgan fingerprint density at radius 1 is 1.02 bits per heavy atom. The second-order valence-electron chi connectivity index (χ2n) is 10.7. The van der Waals surface area contributed by atoms with E-state index in [0.717, 1.165) is 24.2 Å². The van der Waals surface area contributed by atoms with Crippen molar-refractivity contribution in [3.05, 3.63) is 115 Å². The average Bonchev–Trinajstić information content (AvgIpc) is 3.28. The van der Waals surface area contributed by atoms with E-state index in [2.05, 4.69) is 21.2 Å². The van der Waals surface area contributed by atoms with Gasteiger partial charge in [0.15, 0.2) is 0 Å². The summed E-state index contributed by atoms with van der Waals surface area (Å²) in [6, 6.07) is 21.6. The normalized spacial score (nSPS) is 15.5. The molecule has 0 saturated heterocycles. The highest BCUT2D eigenvalue weighted by molar-refractivity contribution is 9.10. The van der Waals surface area contributed by atoms with E-state index < -0.39 is 5.91 Å². The maximum absolute atomic E-state index is 14.0. The van der Waals surface area contributed by atoms with E-state index in [1.54, 1.807) is 39.8 Å². The Kier molecular flexibility index (Phi) is 7.96. The van der Waals surface area contributed by atoms with Crippen molar-refractivity contribution in [2.45, 2.75) is 51.4 Å². The molecule has 4 aromatic rings. The summed E-state index contributed by atoms with van der Waals surface area (Å²) < 4.78 is 9.74. The minimum absolute atomic E-state index is 0.0973. The first-order chi connectivity index (χ1) is 20.3. The first-order valence-corrected chi connectivity index (χ1v) is 15.2. The highest BCUT2D eigenvalue weighted by atomic mass is 79.9.